The van der Waals surface area contributed by atoms with Crippen molar-refractivity contribution in [2.24, 2.45) is 11.1 Å². The summed E-state index contributed by atoms with van der Waals surface area (Å²) < 4.78 is 0. The normalized spacial score (nSPS) is 14.2. The minimum atomic E-state index is -0.799. The Kier molecular flexibility index (Phi) is 6.72. The van der Waals surface area contributed by atoms with Crippen molar-refractivity contribution < 1.29 is 14.7 Å². The van der Waals surface area contributed by atoms with Crippen molar-refractivity contribution in [2.75, 3.05) is 13.1 Å². The van der Waals surface area contributed by atoms with Crippen LogP contribution in [0.2, 0.25) is 0 Å². The maximum Gasteiger partial charge on any atom is 0.303 e. The summed E-state index contributed by atoms with van der Waals surface area (Å²) in [6.45, 7) is 4.60. The van der Waals surface area contributed by atoms with Gasteiger partial charge in [-0.2, -0.15) is 0 Å². The Bertz CT molecular complexity index is 237. The third kappa shape index (κ3) is 5.11. The lowest BCUT2D eigenvalue weighted by Crippen LogP contribution is -2.43. The zero-order valence-corrected chi connectivity index (χ0v) is 10.1. The fourth-order valence-electron chi connectivity index (χ4n) is 1.21. The summed E-state index contributed by atoms with van der Waals surface area (Å²) in [7, 11) is 0. The maximum absolute atomic E-state index is 11.7. The molecule has 94 valence electrons. The van der Waals surface area contributed by atoms with Crippen LogP contribution in [0.5, 0.6) is 0 Å². The van der Waals surface area contributed by atoms with Gasteiger partial charge in [-0.05, 0) is 26.2 Å². The van der Waals surface area contributed by atoms with Crippen LogP contribution in [-0.4, -0.2) is 30.1 Å². The number of unbranched alkanes of at least 4 members (excludes halogenated alkanes) is 1. The van der Waals surface area contributed by atoms with Gasteiger partial charge in [0.25, 0.3) is 0 Å². The summed E-state index contributed by atoms with van der Waals surface area (Å²) in [5, 5.41) is 11.2. The van der Waals surface area contributed by atoms with E-state index < -0.39 is 11.4 Å². The number of carbonyl (C=O) groups excluding carboxylic acids is 1. The molecule has 0 aromatic carbocycles. The fraction of sp³-hybridized carbons (Fsp3) is 0.818. The van der Waals surface area contributed by atoms with Gasteiger partial charge in [0.2, 0.25) is 5.91 Å². The second-order valence-electron chi connectivity index (χ2n) is 4.23. The van der Waals surface area contributed by atoms with E-state index in [0.29, 0.717) is 32.4 Å². The van der Waals surface area contributed by atoms with Crippen molar-refractivity contribution in [3.05, 3.63) is 0 Å². The smallest absolute Gasteiger partial charge is 0.303 e. The molecule has 0 saturated carbocycles. The number of amides is 1. The minimum Gasteiger partial charge on any atom is -0.481 e. The summed E-state index contributed by atoms with van der Waals surface area (Å²) >= 11 is 0. The molecule has 0 fully saturated rings. The molecule has 1 amide bonds. The van der Waals surface area contributed by atoms with E-state index in [1.165, 1.54) is 0 Å². The average Bonchev–Trinajstić information content (AvgIpc) is 2.26. The first-order valence-electron chi connectivity index (χ1n) is 5.66. The molecule has 5 nitrogen and oxygen atoms in total. The predicted octanol–water partition coefficient (Wildman–Crippen LogP) is 0.733. The van der Waals surface area contributed by atoms with E-state index in [2.05, 4.69) is 5.32 Å². The van der Waals surface area contributed by atoms with E-state index in [4.69, 9.17) is 10.8 Å². The van der Waals surface area contributed by atoms with Crippen LogP contribution in [0.15, 0.2) is 0 Å². The highest BCUT2D eigenvalue weighted by atomic mass is 16.4. The number of carbonyl (C=O) groups is 2. The Morgan fingerprint density at radius 2 is 2.00 bits per heavy atom. The third-order valence-electron chi connectivity index (χ3n) is 2.88. The molecule has 16 heavy (non-hydrogen) atoms. The molecule has 5 heteroatoms. The lowest BCUT2D eigenvalue weighted by atomic mass is 9.86. The van der Waals surface area contributed by atoms with Crippen LogP contribution in [-0.2, 0) is 9.59 Å². The number of rotatable bonds is 8. The van der Waals surface area contributed by atoms with Gasteiger partial charge in [-0.15, -0.1) is 0 Å². The standard InChI is InChI=1S/C11H22N2O3/c1-3-11(2,8-12)10(16)13-7-5-4-6-9(14)15/h3-8,12H2,1-2H3,(H,13,16)(H,14,15). The molecule has 4 N–H and O–H groups in total. The molecule has 0 heterocycles. The molecule has 0 aromatic heterocycles. The third-order valence-corrected chi connectivity index (χ3v) is 2.88. The van der Waals surface area contributed by atoms with E-state index in [1.54, 1.807) is 0 Å². The Balaban J connectivity index is 3.77. The van der Waals surface area contributed by atoms with E-state index in [1.807, 2.05) is 13.8 Å². The van der Waals surface area contributed by atoms with Gasteiger partial charge in [-0.3, -0.25) is 9.59 Å². The number of nitrogens with two attached hydrogens (primary N) is 1. The topological polar surface area (TPSA) is 92.4 Å². The van der Waals surface area contributed by atoms with Crippen LogP contribution in [0.1, 0.15) is 39.5 Å². The summed E-state index contributed by atoms with van der Waals surface area (Å²) in [4.78, 5) is 22.0. The molecule has 1 atom stereocenters. The molecule has 0 aliphatic rings. The fourth-order valence-corrected chi connectivity index (χ4v) is 1.21. The lowest BCUT2D eigenvalue weighted by molar-refractivity contribution is -0.137. The van der Waals surface area contributed by atoms with Crippen LogP contribution in [0.4, 0.5) is 0 Å². The van der Waals surface area contributed by atoms with Crippen molar-refractivity contribution in [3.63, 3.8) is 0 Å². The first-order chi connectivity index (χ1) is 7.46. The molecule has 0 radical (unpaired) electrons. The van der Waals surface area contributed by atoms with E-state index in [0.717, 1.165) is 0 Å². The first-order valence-corrected chi connectivity index (χ1v) is 5.66. The molecule has 0 saturated heterocycles. The van der Waals surface area contributed by atoms with Gasteiger partial charge in [0.05, 0.1) is 5.41 Å². The largest absolute Gasteiger partial charge is 0.481 e. The van der Waals surface area contributed by atoms with Crippen molar-refractivity contribution in [1.29, 1.82) is 0 Å². The van der Waals surface area contributed by atoms with Gasteiger partial charge in [0.1, 0.15) is 0 Å². The molecule has 0 aliphatic heterocycles. The number of carboxylic acids is 1. The van der Waals surface area contributed by atoms with Crippen molar-refractivity contribution >= 4 is 11.9 Å². The number of aliphatic carboxylic acids is 1. The van der Waals surface area contributed by atoms with Crippen molar-refractivity contribution in [1.82, 2.24) is 5.32 Å². The van der Waals surface area contributed by atoms with Gasteiger partial charge in [-0.25, -0.2) is 0 Å². The molecule has 0 bridgehead atoms. The highest BCUT2D eigenvalue weighted by Gasteiger charge is 2.28. The van der Waals surface area contributed by atoms with E-state index in [9.17, 15) is 9.59 Å². The van der Waals surface area contributed by atoms with Crippen LogP contribution >= 0.6 is 0 Å². The predicted molar refractivity (Wildman–Crippen MR) is 61.9 cm³/mol. The highest BCUT2D eigenvalue weighted by molar-refractivity contribution is 5.82. The average molecular weight is 230 g/mol. The summed E-state index contributed by atoms with van der Waals surface area (Å²) in [5.74, 6) is -0.848. The number of hydrogen-bond donors (Lipinski definition) is 3. The van der Waals surface area contributed by atoms with Crippen molar-refractivity contribution in [2.45, 2.75) is 39.5 Å². The number of carboxylic acid groups (broad SMARTS) is 1. The van der Waals surface area contributed by atoms with Crippen LogP contribution in [0.25, 0.3) is 0 Å². The van der Waals surface area contributed by atoms with Gasteiger partial charge >= 0.3 is 5.97 Å². The zero-order chi connectivity index (χ0) is 12.6. The Hall–Kier alpha value is -1.10. The minimum absolute atomic E-state index is 0.0483. The quantitative estimate of drug-likeness (QED) is 0.536. The molecule has 0 aliphatic carbocycles. The second kappa shape index (κ2) is 7.22. The lowest BCUT2D eigenvalue weighted by Gasteiger charge is -2.24. The summed E-state index contributed by atoms with van der Waals surface area (Å²) in [6, 6.07) is 0. The number of hydrogen-bond acceptors (Lipinski definition) is 3. The van der Waals surface area contributed by atoms with Gasteiger partial charge in [0.15, 0.2) is 0 Å². The van der Waals surface area contributed by atoms with Gasteiger partial charge in [-0.1, -0.05) is 6.92 Å². The van der Waals surface area contributed by atoms with E-state index in [-0.39, 0.29) is 12.3 Å². The van der Waals surface area contributed by atoms with Gasteiger partial charge in [0, 0.05) is 19.5 Å². The van der Waals surface area contributed by atoms with Crippen LogP contribution < -0.4 is 11.1 Å². The Morgan fingerprint density at radius 1 is 1.38 bits per heavy atom. The monoisotopic (exact) mass is 230 g/mol. The highest BCUT2D eigenvalue weighted by Crippen LogP contribution is 2.18. The molecule has 0 spiro atoms. The summed E-state index contributed by atoms with van der Waals surface area (Å²) in [6.07, 6.45) is 2.12. The number of nitrogens with one attached hydrogen (secondary N) is 1. The van der Waals surface area contributed by atoms with Crippen LogP contribution in [0, 0.1) is 5.41 Å². The zero-order valence-electron chi connectivity index (χ0n) is 10.1. The molecular weight excluding hydrogens is 208 g/mol. The molecule has 0 aromatic rings. The maximum atomic E-state index is 11.7. The molecule has 1 unspecified atom stereocenters. The second-order valence-corrected chi connectivity index (χ2v) is 4.23. The molecular formula is C11H22N2O3. The Labute approximate surface area is 96.4 Å². The Morgan fingerprint density at radius 3 is 2.44 bits per heavy atom. The summed E-state index contributed by atoms with van der Waals surface area (Å²) in [5.41, 5.74) is 5.04. The first kappa shape index (κ1) is 14.9. The molecule has 0 rings (SSSR count). The van der Waals surface area contributed by atoms with E-state index >= 15 is 0 Å². The SMILES string of the molecule is CCC(C)(CN)C(=O)NCCCCC(=O)O. The van der Waals surface area contributed by atoms with Crippen LogP contribution in [0.3, 0.4) is 0 Å². The van der Waals surface area contributed by atoms with Gasteiger partial charge < -0.3 is 16.2 Å². The van der Waals surface area contributed by atoms with Crippen molar-refractivity contribution in [3.8, 4) is 0 Å².